The van der Waals surface area contributed by atoms with E-state index in [1.165, 1.54) is 0 Å². The molecule has 1 rings (SSSR count). The second kappa shape index (κ2) is 8.29. The third-order valence-corrected chi connectivity index (χ3v) is 3.24. The van der Waals surface area contributed by atoms with Crippen LogP contribution in [0.1, 0.15) is 5.69 Å². The number of hydrogen-bond acceptors (Lipinski definition) is 4. The van der Waals surface area contributed by atoms with E-state index in [1.807, 2.05) is 24.9 Å². The summed E-state index contributed by atoms with van der Waals surface area (Å²) in [6.07, 6.45) is 4.36. The Labute approximate surface area is 106 Å². The standard InChI is InChI=1S/C10H16N4S2/c1-11-10(15)13-5-7-16-6-3-9-2-4-12-8-14-9/h2,4,8H,3,5-7H2,1H3,(H2,11,13,15). The smallest absolute Gasteiger partial charge is 0.166 e. The predicted molar refractivity (Wildman–Crippen MR) is 72.7 cm³/mol. The lowest BCUT2D eigenvalue weighted by Crippen LogP contribution is -2.33. The maximum absolute atomic E-state index is 4.96. The van der Waals surface area contributed by atoms with Crippen LogP contribution in [0, 0.1) is 0 Å². The molecule has 0 saturated heterocycles. The summed E-state index contributed by atoms with van der Waals surface area (Å²) < 4.78 is 0. The average molecular weight is 256 g/mol. The molecule has 0 radical (unpaired) electrons. The molecular formula is C10H16N4S2. The van der Waals surface area contributed by atoms with E-state index in [1.54, 1.807) is 12.5 Å². The quantitative estimate of drug-likeness (QED) is 0.581. The number of nitrogens with zero attached hydrogens (tertiary/aromatic N) is 2. The molecule has 0 aliphatic carbocycles. The lowest BCUT2D eigenvalue weighted by atomic mass is 10.3. The molecule has 0 aliphatic heterocycles. The molecule has 0 fully saturated rings. The van der Waals surface area contributed by atoms with Gasteiger partial charge < -0.3 is 10.6 Å². The minimum Gasteiger partial charge on any atom is -0.366 e. The number of rotatable bonds is 6. The van der Waals surface area contributed by atoms with Crippen molar-refractivity contribution in [2.45, 2.75) is 6.42 Å². The van der Waals surface area contributed by atoms with E-state index in [-0.39, 0.29) is 0 Å². The fourth-order valence-corrected chi connectivity index (χ4v) is 1.98. The number of thiocarbonyl (C=S) groups is 1. The van der Waals surface area contributed by atoms with Gasteiger partial charge in [0.05, 0.1) is 0 Å². The zero-order chi connectivity index (χ0) is 11.6. The van der Waals surface area contributed by atoms with Crippen LogP contribution in [-0.2, 0) is 6.42 Å². The van der Waals surface area contributed by atoms with Crippen LogP contribution in [0.15, 0.2) is 18.6 Å². The van der Waals surface area contributed by atoms with Crippen LogP contribution in [0.25, 0.3) is 0 Å². The second-order valence-corrected chi connectivity index (χ2v) is 4.70. The molecule has 16 heavy (non-hydrogen) atoms. The van der Waals surface area contributed by atoms with Crippen molar-refractivity contribution < 1.29 is 0 Å². The van der Waals surface area contributed by atoms with Crippen LogP contribution in [0.4, 0.5) is 0 Å². The Kier molecular flexibility index (Phi) is 6.83. The molecular weight excluding hydrogens is 240 g/mol. The summed E-state index contributed by atoms with van der Waals surface area (Å²) in [5, 5.41) is 6.69. The van der Waals surface area contributed by atoms with Gasteiger partial charge in [-0.3, -0.25) is 0 Å². The van der Waals surface area contributed by atoms with Gasteiger partial charge in [0.15, 0.2) is 5.11 Å². The highest BCUT2D eigenvalue weighted by atomic mass is 32.2. The molecule has 0 aliphatic rings. The summed E-state index contributed by atoms with van der Waals surface area (Å²) >= 11 is 6.85. The zero-order valence-electron chi connectivity index (χ0n) is 9.27. The molecule has 2 N–H and O–H groups in total. The Hall–Kier alpha value is -0.880. The molecule has 88 valence electrons. The van der Waals surface area contributed by atoms with Crippen molar-refractivity contribution in [3.63, 3.8) is 0 Å². The molecule has 1 aromatic heterocycles. The highest BCUT2D eigenvalue weighted by Crippen LogP contribution is 2.03. The van der Waals surface area contributed by atoms with Gasteiger partial charge in [0.25, 0.3) is 0 Å². The third kappa shape index (κ3) is 5.87. The van der Waals surface area contributed by atoms with Gasteiger partial charge in [-0.1, -0.05) is 0 Å². The van der Waals surface area contributed by atoms with Crippen LogP contribution in [0.2, 0.25) is 0 Å². The fourth-order valence-electron chi connectivity index (χ4n) is 1.07. The first-order chi connectivity index (χ1) is 7.83. The van der Waals surface area contributed by atoms with Crippen molar-refractivity contribution in [1.29, 1.82) is 0 Å². The summed E-state index contributed by atoms with van der Waals surface area (Å²) in [5.74, 6) is 2.12. The van der Waals surface area contributed by atoms with Gasteiger partial charge in [-0.15, -0.1) is 0 Å². The third-order valence-electron chi connectivity index (χ3n) is 1.90. The van der Waals surface area contributed by atoms with E-state index in [9.17, 15) is 0 Å². The molecule has 4 nitrogen and oxygen atoms in total. The van der Waals surface area contributed by atoms with Crippen LogP contribution in [0.5, 0.6) is 0 Å². The molecule has 0 atom stereocenters. The van der Waals surface area contributed by atoms with Gasteiger partial charge in [-0.05, 0) is 30.5 Å². The molecule has 1 aromatic rings. The van der Waals surface area contributed by atoms with Crippen molar-refractivity contribution in [2.24, 2.45) is 0 Å². The van der Waals surface area contributed by atoms with Gasteiger partial charge >= 0.3 is 0 Å². The topological polar surface area (TPSA) is 49.8 Å². The van der Waals surface area contributed by atoms with E-state index in [0.717, 1.165) is 30.2 Å². The van der Waals surface area contributed by atoms with E-state index >= 15 is 0 Å². The van der Waals surface area contributed by atoms with Crippen LogP contribution in [-0.4, -0.2) is 40.2 Å². The fraction of sp³-hybridized carbons (Fsp3) is 0.500. The van der Waals surface area contributed by atoms with Gasteiger partial charge in [-0.2, -0.15) is 11.8 Å². The maximum Gasteiger partial charge on any atom is 0.166 e. The van der Waals surface area contributed by atoms with Crippen molar-refractivity contribution in [2.75, 3.05) is 25.1 Å². The Bertz CT molecular complexity index is 305. The van der Waals surface area contributed by atoms with Gasteiger partial charge in [0.1, 0.15) is 6.33 Å². The second-order valence-electron chi connectivity index (χ2n) is 3.07. The minimum absolute atomic E-state index is 0.705. The van der Waals surface area contributed by atoms with E-state index in [2.05, 4.69) is 20.6 Å². The SMILES string of the molecule is CNC(=S)NCCSCCc1ccncn1. The molecule has 1 heterocycles. The van der Waals surface area contributed by atoms with Crippen LogP contribution in [0.3, 0.4) is 0 Å². The summed E-state index contributed by atoms with van der Waals surface area (Å²) in [6.45, 7) is 0.897. The number of aryl methyl sites for hydroxylation is 1. The largest absolute Gasteiger partial charge is 0.366 e. The van der Waals surface area contributed by atoms with E-state index < -0.39 is 0 Å². The monoisotopic (exact) mass is 256 g/mol. The normalized spacial score (nSPS) is 9.81. The highest BCUT2D eigenvalue weighted by molar-refractivity contribution is 7.99. The van der Waals surface area contributed by atoms with E-state index in [4.69, 9.17) is 12.2 Å². The van der Waals surface area contributed by atoms with Gasteiger partial charge in [0, 0.05) is 31.2 Å². The van der Waals surface area contributed by atoms with Crippen LogP contribution >= 0.6 is 24.0 Å². The maximum atomic E-state index is 4.96. The van der Waals surface area contributed by atoms with Crippen molar-refractivity contribution in [1.82, 2.24) is 20.6 Å². The molecule has 0 aromatic carbocycles. The summed E-state index contributed by atoms with van der Waals surface area (Å²) in [5.41, 5.74) is 1.10. The summed E-state index contributed by atoms with van der Waals surface area (Å²) in [7, 11) is 1.82. The lowest BCUT2D eigenvalue weighted by Gasteiger charge is -2.06. The lowest BCUT2D eigenvalue weighted by molar-refractivity contribution is 0.940. The Balaban J connectivity index is 1.98. The summed E-state index contributed by atoms with van der Waals surface area (Å²) in [4.78, 5) is 8.05. The molecule has 0 amide bonds. The predicted octanol–water partition coefficient (Wildman–Crippen LogP) is 0.846. The molecule has 0 saturated carbocycles. The number of hydrogen-bond donors (Lipinski definition) is 2. The van der Waals surface area contributed by atoms with Crippen molar-refractivity contribution in [3.05, 3.63) is 24.3 Å². The van der Waals surface area contributed by atoms with Crippen molar-refractivity contribution in [3.8, 4) is 0 Å². The Morgan fingerprint density at radius 1 is 1.50 bits per heavy atom. The number of aromatic nitrogens is 2. The minimum atomic E-state index is 0.705. The average Bonchev–Trinajstić information content (AvgIpc) is 2.34. The Morgan fingerprint density at radius 2 is 2.38 bits per heavy atom. The molecule has 0 spiro atoms. The first kappa shape index (κ1) is 13.2. The van der Waals surface area contributed by atoms with Crippen molar-refractivity contribution >= 4 is 29.1 Å². The number of thioether (sulfide) groups is 1. The first-order valence-electron chi connectivity index (χ1n) is 5.11. The van der Waals surface area contributed by atoms with Crippen LogP contribution < -0.4 is 10.6 Å². The number of nitrogens with one attached hydrogen (secondary N) is 2. The van der Waals surface area contributed by atoms with Gasteiger partial charge in [-0.25, -0.2) is 9.97 Å². The zero-order valence-corrected chi connectivity index (χ0v) is 10.9. The molecule has 0 unspecified atom stereocenters. The highest BCUT2D eigenvalue weighted by Gasteiger charge is 1.95. The van der Waals surface area contributed by atoms with E-state index in [0.29, 0.717) is 5.11 Å². The first-order valence-corrected chi connectivity index (χ1v) is 6.67. The summed E-state index contributed by atoms with van der Waals surface area (Å²) in [6, 6.07) is 1.95. The Morgan fingerprint density at radius 3 is 3.06 bits per heavy atom. The molecule has 0 bridgehead atoms. The van der Waals surface area contributed by atoms with Gasteiger partial charge in [0.2, 0.25) is 0 Å². The molecule has 6 heteroatoms.